The van der Waals surface area contributed by atoms with Crippen molar-refractivity contribution < 1.29 is 8.42 Å². The third kappa shape index (κ3) is 4.52. The Labute approximate surface area is 132 Å². The number of sulfonamides is 1. The second kappa shape index (κ2) is 7.70. The molecule has 1 aromatic rings. The van der Waals surface area contributed by atoms with E-state index in [4.69, 9.17) is 5.26 Å². The van der Waals surface area contributed by atoms with Gasteiger partial charge in [0, 0.05) is 32.7 Å². The van der Waals surface area contributed by atoms with Crippen molar-refractivity contribution in [1.29, 1.82) is 5.26 Å². The lowest BCUT2D eigenvalue weighted by molar-refractivity contribution is 0.239. The third-order valence-corrected chi connectivity index (χ3v) is 5.36. The van der Waals surface area contributed by atoms with Crippen molar-refractivity contribution in [3.8, 4) is 6.07 Å². The van der Waals surface area contributed by atoms with Gasteiger partial charge in [-0.2, -0.15) is 5.26 Å². The standard InChI is InChI=1S/C15H22N4O2S/c1-13-3-4-14(12-16)11-15(13)22(20,21)18-5-2-8-19-9-6-17-7-10-19/h3-4,11,17-18H,2,5-10H2,1H3. The molecule has 2 N–H and O–H groups in total. The highest BCUT2D eigenvalue weighted by molar-refractivity contribution is 7.89. The van der Waals surface area contributed by atoms with Gasteiger partial charge in [0.2, 0.25) is 10.0 Å². The van der Waals surface area contributed by atoms with Gasteiger partial charge >= 0.3 is 0 Å². The fourth-order valence-corrected chi connectivity index (χ4v) is 3.82. The predicted octanol–water partition coefficient (Wildman–Crippen LogP) is 0.440. The number of nitrogens with one attached hydrogen (secondary N) is 2. The zero-order chi connectivity index (χ0) is 16.0. The van der Waals surface area contributed by atoms with Crippen molar-refractivity contribution >= 4 is 10.0 Å². The molecule has 0 saturated carbocycles. The smallest absolute Gasteiger partial charge is 0.240 e. The lowest BCUT2D eigenvalue weighted by Gasteiger charge is -2.27. The maximum absolute atomic E-state index is 12.3. The summed E-state index contributed by atoms with van der Waals surface area (Å²) in [5.74, 6) is 0. The zero-order valence-corrected chi connectivity index (χ0v) is 13.6. The molecule has 0 atom stereocenters. The summed E-state index contributed by atoms with van der Waals surface area (Å²) in [6.45, 7) is 7.03. The summed E-state index contributed by atoms with van der Waals surface area (Å²) < 4.78 is 27.3. The van der Waals surface area contributed by atoms with Crippen LogP contribution in [0, 0.1) is 18.3 Å². The maximum atomic E-state index is 12.3. The summed E-state index contributed by atoms with van der Waals surface area (Å²) in [6, 6.07) is 6.68. The number of benzene rings is 1. The summed E-state index contributed by atoms with van der Waals surface area (Å²) in [7, 11) is -3.56. The second-order valence-electron chi connectivity index (χ2n) is 5.44. The van der Waals surface area contributed by atoms with Crippen LogP contribution in [0.15, 0.2) is 23.1 Å². The van der Waals surface area contributed by atoms with Gasteiger partial charge in [-0.15, -0.1) is 0 Å². The molecule has 2 rings (SSSR count). The topological polar surface area (TPSA) is 85.2 Å². The van der Waals surface area contributed by atoms with Gasteiger partial charge in [0.15, 0.2) is 0 Å². The van der Waals surface area contributed by atoms with Crippen molar-refractivity contribution in [1.82, 2.24) is 14.9 Å². The largest absolute Gasteiger partial charge is 0.314 e. The molecule has 0 aromatic heterocycles. The first kappa shape index (κ1) is 16.9. The third-order valence-electron chi connectivity index (χ3n) is 3.76. The van der Waals surface area contributed by atoms with Crippen LogP contribution in [0.4, 0.5) is 0 Å². The molecule has 1 aliphatic heterocycles. The normalized spacial score (nSPS) is 16.4. The first-order valence-corrected chi connectivity index (χ1v) is 8.95. The predicted molar refractivity (Wildman–Crippen MR) is 85.0 cm³/mol. The minimum absolute atomic E-state index is 0.189. The number of hydrogen-bond donors (Lipinski definition) is 2. The van der Waals surface area contributed by atoms with E-state index in [0.717, 1.165) is 39.1 Å². The van der Waals surface area contributed by atoms with E-state index in [1.807, 2.05) is 6.07 Å². The fourth-order valence-electron chi connectivity index (χ4n) is 2.48. The molecule has 0 unspecified atom stereocenters. The highest BCUT2D eigenvalue weighted by atomic mass is 32.2. The summed E-state index contributed by atoms with van der Waals surface area (Å²) in [5, 5.41) is 12.2. The fraction of sp³-hybridized carbons (Fsp3) is 0.533. The van der Waals surface area contributed by atoms with Gasteiger partial charge in [-0.1, -0.05) is 6.07 Å². The van der Waals surface area contributed by atoms with Gasteiger partial charge in [-0.3, -0.25) is 0 Å². The van der Waals surface area contributed by atoms with Crippen molar-refractivity contribution in [2.75, 3.05) is 39.3 Å². The molecule has 1 aliphatic rings. The van der Waals surface area contributed by atoms with Gasteiger partial charge in [-0.25, -0.2) is 13.1 Å². The number of hydrogen-bond acceptors (Lipinski definition) is 5. The molecule has 0 aliphatic carbocycles. The van der Waals surface area contributed by atoms with Crippen LogP contribution in [-0.4, -0.2) is 52.6 Å². The number of nitrogens with zero attached hydrogens (tertiary/aromatic N) is 2. The number of rotatable bonds is 6. The number of nitriles is 1. The molecule has 1 saturated heterocycles. The number of piperazine rings is 1. The zero-order valence-electron chi connectivity index (χ0n) is 12.8. The first-order valence-electron chi connectivity index (χ1n) is 7.46. The van der Waals surface area contributed by atoms with Crippen LogP contribution in [0.5, 0.6) is 0 Å². The van der Waals surface area contributed by atoms with Crippen LogP contribution in [0.1, 0.15) is 17.5 Å². The Hall–Kier alpha value is -1.46. The second-order valence-corrected chi connectivity index (χ2v) is 7.17. The Bertz CT molecular complexity index is 646. The summed E-state index contributed by atoms with van der Waals surface area (Å²) in [4.78, 5) is 2.51. The molecular formula is C15H22N4O2S. The lowest BCUT2D eigenvalue weighted by Crippen LogP contribution is -2.44. The minimum atomic E-state index is -3.56. The average Bonchev–Trinajstić information content (AvgIpc) is 2.53. The summed E-state index contributed by atoms with van der Waals surface area (Å²) >= 11 is 0. The molecule has 0 radical (unpaired) electrons. The monoisotopic (exact) mass is 322 g/mol. The minimum Gasteiger partial charge on any atom is -0.314 e. The summed E-state index contributed by atoms with van der Waals surface area (Å²) in [6.07, 6.45) is 0.774. The van der Waals surface area contributed by atoms with E-state index in [-0.39, 0.29) is 4.90 Å². The van der Waals surface area contributed by atoms with E-state index in [9.17, 15) is 8.42 Å². The Morgan fingerprint density at radius 2 is 2.09 bits per heavy atom. The molecule has 1 fully saturated rings. The van der Waals surface area contributed by atoms with E-state index < -0.39 is 10.0 Å². The van der Waals surface area contributed by atoms with Crippen molar-refractivity contribution in [3.05, 3.63) is 29.3 Å². The Balaban J connectivity index is 1.89. The van der Waals surface area contributed by atoms with Crippen LogP contribution in [-0.2, 0) is 10.0 Å². The van der Waals surface area contributed by atoms with E-state index >= 15 is 0 Å². The molecule has 1 aromatic carbocycles. The van der Waals surface area contributed by atoms with Gasteiger partial charge in [0.05, 0.1) is 16.5 Å². The molecule has 0 spiro atoms. The van der Waals surface area contributed by atoms with E-state index in [2.05, 4.69) is 14.9 Å². The molecule has 6 nitrogen and oxygen atoms in total. The maximum Gasteiger partial charge on any atom is 0.240 e. The molecule has 120 valence electrons. The van der Waals surface area contributed by atoms with E-state index in [1.54, 1.807) is 19.1 Å². The highest BCUT2D eigenvalue weighted by Crippen LogP contribution is 2.16. The highest BCUT2D eigenvalue weighted by Gasteiger charge is 2.17. The molecule has 0 bridgehead atoms. The van der Waals surface area contributed by atoms with Gasteiger partial charge < -0.3 is 10.2 Å². The number of aryl methyl sites for hydroxylation is 1. The molecule has 7 heteroatoms. The van der Waals surface area contributed by atoms with Crippen LogP contribution >= 0.6 is 0 Å². The van der Waals surface area contributed by atoms with Crippen LogP contribution in [0.3, 0.4) is 0 Å². The molecular weight excluding hydrogens is 300 g/mol. The Morgan fingerprint density at radius 3 is 2.77 bits per heavy atom. The lowest BCUT2D eigenvalue weighted by atomic mass is 10.2. The summed E-state index contributed by atoms with van der Waals surface area (Å²) in [5.41, 5.74) is 1.00. The van der Waals surface area contributed by atoms with Gasteiger partial charge in [0.1, 0.15) is 0 Å². The van der Waals surface area contributed by atoms with E-state index in [0.29, 0.717) is 17.7 Å². The van der Waals surface area contributed by atoms with Crippen molar-refractivity contribution in [2.45, 2.75) is 18.2 Å². The van der Waals surface area contributed by atoms with Crippen LogP contribution in [0.2, 0.25) is 0 Å². The Kier molecular flexibility index (Phi) is 5.91. The van der Waals surface area contributed by atoms with E-state index in [1.165, 1.54) is 6.07 Å². The molecule has 22 heavy (non-hydrogen) atoms. The van der Waals surface area contributed by atoms with Crippen molar-refractivity contribution in [3.63, 3.8) is 0 Å². The van der Waals surface area contributed by atoms with Crippen LogP contribution < -0.4 is 10.0 Å². The van der Waals surface area contributed by atoms with Gasteiger partial charge in [0.25, 0.3) is 0 Å². The van der Waals surface area contributed by atoms with Gasteiger partial charge in [-0.05, 0) is 37.6 Å². The first-order chi connectivity index (χ1) is 10.5. The SMILES string of the molecule is Cc1ccc(C#N)cc1S(=O)(=O)NCCCN1CCNCC1. The quantitative estimate of drug-likeness (QED) is 0.742. The molecule has 1 heterocycles. The average molecular weight is 322 g/mol. The Morgan fingerprint density at radius 1 is 1.36 bits per heavy atom. The van der Waals surface area contributed by atoms with Crippen molar-refractivity contribution in [2.24, 2.45) is 0 Å². The van der Waals surface area contributed by atoms with Crippen LogP contribution in [0.25, 0.3) is 0 Å². The molecule has 0 amide bonds.